The molecule has 0 spiro atoms. The molecule has 0 saturated carbocycles. The molecule has 2 heterocycles. The lowest BCUT2D eigenvalue weighted by Crippen LogP contribution is -2.46. The minimum absolute atomic E-state index is 0.0350. The predicted molar refractivity (Wildman–Crippen MR) is 100 cm³/mol. The number of aliphatic hydroxyl groups is 2. The number of alkyl halides is 1. The smallest absolute Gasteiger partial charge is 0.425 e. The van der Waals surface area contributed by atoms with Gasteiger partial charge in [-0.15, -0.1) is 0 Å². The van der Waals surface area contributed by atoms with E-state index in [1.54, 1.807) is 0 Å². The van der Waals surface area contributed by atoms with Crippen molar-refractivity contribution in [1.82, 2.24) is 9.13 Å². The number of hydrogen-bond acceptors (Lipinski definition) is 11. The van der Waals surface area contributed by atoms with E-state index in [2.05, 4.69) is 9.47 Å². The van der Waals surface area contributed by atoms with Crippen LogP contribution in [-0.2, 0) is 28.5 Å². The van der Waals surface area contributed by atoms with Crippen LogP contribution in [0, 0.1) is 5.92 Å². The van der Waals surface area contributed by atoms with Crippen molar-refractivity contribution in [2.45, 2.75) is 45.1 Å². The number of esters is 2. The summed E-state index contributed by atoms with van der Waals surface area (Å²) in [6.45, 7) is 2.24. The van der Waals surface area contributed by atoms with E-state index in [4.69, 9.17) is 9.47 Å². The van der Waals surface area contributed by atoms with Crippen molar-refractivity contribution in [3.8, 4) is 0 Å². The van der Waals surface area contributed by atoms with Gasteiger partial charge in [0.2, 0.25) is 0 Å². The lowest BCUT2D eigenvalue weighted by Gasteiger charge is -2.23. The summed E-state index contributed by atoms with van der Waals surface area (Å²) >= 11 is 0. The molecule has 0 aromatic carbocycles. The molecule has 1 aliphatic heterocycles. The molecule has 4 atom stereocenters. The highest BCUT2D eigenvalue weighted by atomic mass is 19.2. The molecule has 1 aromatic rings. The first-order chi connectivity index (χ1) is 14.9. The number of rotatable bonds is 7. The second-order valence-electron chi connectivity index (χ2n) is 7.13. The minimum atomic E-state index is -3.07. The number of ether oxygens (including phenoxy) is 4. The molecule has 32 heavy (non-hydrogen) atoms. The third-order valence-electron chi connectivity index (χ3n) is 4.34. The highest BCUT2D eigenvalue weighted by molar-refractivity contribution is 5.71. The fourth-order valence-corrected chi connectivity index (χ4v) is 2.66. The van der Waals surface area contributed by atoms with Gasteiger partial charge in [0.1, 0.15) is 25.4 Å². The summed E-state index contributed by atoms with van der Waals surface area (Å²) in [5.41, 5.74) is -2.47. The van der Waals surface area contributed by atoms with E-state index < -0.39 is 72.7 Å². The Labute approximate surface area is 179 Å². The van der Waals surface area contributed by atoms with Gasteiger partial charge in [-0.05, 0) is 0 Å². The Morgan fingerprint density at radius 1 is 1.19 bits per heavy atom. The van der Waals surface area contributed by atoms with Crippen molar-refractivity contribution < 1.29 is 47.9 Å². The number of carbonyl (C=O) groups is 3. The Kier molecular flexibility index (Phi) is 7.87. The Hall–Kier alpha value is -3.10. The number of carbonyl (C=O) groups excluding carboxylic acids is 3. The number of nitrogens with zero attached hydrogens (tertiary/aromatic N) is 2. The molecule has 178 valence electrons. The number of aliphatic hydroxyl groups excluding tert-OH is 2. The van der Waals surface area contributed by atoms with Crippen LogP contribution in [0.4, 0.5) is 9.18 Å². The van der Waals surface area contributed by atoms with E-state index in [0.717, 1.165) is 19.2 Å². The van der Waals surface area contributed by atoms with E-state index in [1.165, 1.54) is 13.8 Å². The van der Waals surface area contributed by atoms with Crippen LogP contribution in [0.2, 0.25) is 0 Å². The molecule has 13 nitrogen and oxygen atoms in total. The molecular formula is C18H23FN2O11. The van der Waals surface area contributed by atoms with Gasteiger partial charge < -0.3 is 29.2 Å². The summed E-state index contributed by atoms with van der Waals surface area (Å²) < 4.78 is 34.5. The van der Waals surface area contributed by atoms with Crippen LogP contribution in [0.25, 0.3) is 0 Å². The zero-order chi connectivity index (χ0) is 24.2. The predicted octanol–water partition coefficient (Wildman–Crippen LogP) is -1.33. The quantitative estimate of drug-likeness (QED) is 0.279. The normalized spacial score (nSPS) is 24.9. The van der Waals surface area contributed by atoms with Crippen LogP contribution in [0.5, 0.6) is 0 Å². The average molecular weight is 462 g/mol. The Bertz CT molecular complexity index is 988. The average Bonchev–Trinajstić information content (AvgIpc) is 2.94. The Morgan fingerprint density at radius 2 is 1.81 bits per heavy atom. The highest BCUT2D eigenvalue weighted by Gasteiger charge is 2.57. The number of halogens is 1. The van der Waals surface area contributed by atoms with Crippen LogP contribution in [0.1, 0.15) is 27.0 Å². The van der Waals surface area contributed by atoms with Crippen molar-refractivity contribution in [2.24, 2.45) is 5.92 Å². The molecule has 0 unspecified atom stereocenters. The van der Waals surface area contributed by atoms with E-state index in [-0.39, 0.29) is 11.2 Å². The maximum absolute atomic E-state index is 15.0. The summed E-state index contributed by atoms with van der Waals surface area (Å²) in [4.78, 5) is 59.0. The van der Waals surface area contributed by atoms with Crippen molar-refractivity contribution >= 4 is 18.0 Å². The molecule has 2 N–H and O–H groups in total. The summed E-state index contributed by atoms with van der Waals surface area (Å²) in [5, 5.41) is 20.3. The van der Waals surface area contributed by atoms with Crippen molar-refractivity contribution in [2.75, 3.05) is 19.8 Å². The molecule has 14 heteroatoms. The zero-order valence-electron chi connectivity index (χ0n) is 17.4. The van der Waals surface area contributed by atoms with Gasteiger partial charge in [0.15, 0.2) is 12.8 Å². The van der Waals surface area contributed by atoms with Gasteiger partial charge in [-0.2, -0.15) is 4.57 Å². The summed E-state index contributed by atoms with van der Waals surface area (Å²) in [6.07, 6.45) is -6.73. The SMILES string of the molecule is CC(=O)OCCOC(=O)n1c(=O)ccn([C@@H]2O[C@](F)(COC(=O)C(C)C)[C@@H](O)[C@H]2O)c1=O. The fraction of sp³-hybridized carbons (Fsp3) is 0.611. The van der Waals surface area contributed by atoms with Crippen molar-refractivity contribution in [1.29, 1.82) is 0 Å². The number of aromatic nitrogens is 2. The first-order valence-corrected chi connectivity index (χ1v) is 9.43. The molecule has 1 aliphatic rings. The Morgan fingerprint density at radius 3 is 2.41 bits per heavy atom. The van der Waals surface area contributed by atoms with Gasteiger partial charge in [0, 0.05) is 19.2 Å². The number of hydrogen-bond donors (Lipinski definition) is 2. The minimum Gasteiger partial charge on any atom is -0.462 e. The lowest BCUT2D eigenvalue weighted by molar-refractivity contribution is -0.218. The van der Waals surface area contributed by atoms with Crippen molar-refractivity contribution in [3.05, 3.63) is 33.1 Å². The van der Waals surface area contributed by atoms with Gasteiger partial charge in [0.05, 0.1) is 5.92 Å². The molecule has 1 fully saturated rings. The molecule has 0 bridgehead atoms. The van der Waals surface area contributed by atoms with E-state index in [0.29, 0.717) is 4.57 Å². The molecule has 2 rings (SSSR count). The van der Waals surface area contributed by atoms with E-state index in [9.17, 15) is 34.2 Å². The zero-order valence-corrected chi connectivity index (χ0v) is 17.4. The summed E-state index contributed by atoms with van der Waals surface area (Å²) in [5.74, 6) is -5.10. The van der Waals surface area contributed by atoms with Gasteiger partial charge in [0.25, 0.3) is 11.4 Å². The topological polar surface area (TPSA) is 173 Å². The largest absolute Gasteiger partial charge is 0.462 e. The van der Waals surface area contributed by atoms with Crippen LogP contribution >= 0.6 is 0 Å². The van der Waals surface area contributed by atoms with Crippen LogP contribution in [0.3, 0.4) is 0 Å². The van der Waals surface area contributed by atoms with Gasteiger partial charge >= 0.3 is 23.7 Å². The van der Waals surface area contributed by atoms with Crippen LogP contribution in [-0.4, -0.2) is 75.3 Å². The van der Waals surface area contributed by atoms with Gasteiger partial charge in [-0.25, -0.2) is 14.0 Å². The maximum atomic E-state index is 15.0. The summed E-state index contributed by atoms with van der Waals surface area (Å²) in [6, 6.07) is 0.744. The fourth-order valence-electron chi connectivity index (χ4n) is 2.66. The van der Waals surface area contributed by atoms with Crippen molar-refractivity contribution in [3.63, 3.8) is 0 Å². The van der Waals surface area contributed by atoms with Crippen LogP contribution in [0.15, 0.2) is 21.9 Å². The molecule has 1 aromatic heterocycles. The maximum Gasteiger partial charge on any atom is 0.425 e. The lowest BCUT2D eigenvalue weighted by atomic mass is 10.1. The molecule has 0 amide bonds. The van der Waals surface area contributed by atoms with E-state index >= 15 is 4.39 Å². The second-order valence-corrected chi connectivity index (χ2v) is 7.13. The van der Waals surface area contributed by atoms with Gasteiger partial charge in [-0.3, -0.25) is 19.0 Å². The van der Waals surface area contributed by atoms with Gasteiger partial charge in [-0.1, -0.05) is 13.8 Å². The Balaban J connectivity index is 2.24. The highest BCUT2D eigenvalue weighted by Crippen LogP contribution is 2.38. The standard InChI is InChI=1S/C18H23FN2O11/c1-9(2)15(26)31-8-18(19)13(25)12(24)14(32-18)20-5-4-11(23)21(16(20)27)17(28)30-7-6-29-10(3)22/h4-5,9,12-14,24-25H,6-8H2,1-3H3/t12-,13+,14-,18-/m1/s1. The third kappa shape index (κ3) is 5.38. The van der Waals surface area contributed by atoms with Crippen LogP contribution < -0.4 is 11.2 Å². The molecule has 0 radical (unpaired) electrons. The first kappa shape index (κ1) is 25.2. The second kappa shape index (κ2) is 10.0. The molecule has 0 aliphatic carbocycles. The molecule has 1 saturated heterocycles. The third-order valence-corrected chi connectivity index (χ3v) is 4.34. The monoisotopic (exact) mass is 462 g/mol. The summed E-state index contributed by atoms with van der Waals surface area (Å²) in [7, 11) is 0. The van der Waals surface area contributed by atoms with E-state index in [1.807, 2.05) is 0 Å². The first-order valence-electron chi connectivity index (χ1n) is 9.43. The molecular weight excluding hydrogens is 439 g/mol.